The summed E-state index contributed by atoms with van der Waals surface area (Å²) in [5, 5.41) is 4.13. The molecule has 1 saturated heterocycles. The standard InChI is InChI=1S/C22H23N5OS.C2H6/c1-2-16-15-24-22(26-21(16)29-20-9-3-17(23)4-10-20)25-18-5-7-19(8-6-18)27-11-13-28-14-12-27;1-2/h2-10,15H,1,11-14,23H2,(H,24,25,26);1-2H3. The number of nitrogens with two attached hydrogens (primary N) is 1. The fourth-order valence-electron chi connectivity index (χ4n) is 3.01. The molecule has 7 heteroatoms. The van der Waals surface area contributed by atoms with Crippen molar-refractivity contribution in [3.8, 4) is 0 Å². The van der Waals surface area contributed by atoms with Crippen LogP contribution in [0.5, 0.6) is 0 Å². The van der Waals surface area contributed by atoms with Gasteiger partial charge in [0.05, 0.1) is 13.2 Å². The molecule has 162 valence electrons. The number of hydrogen-bond donors (Lipinski definition) is 2. The largest absolute Gasteiger partial charge is 0.399 e. The maximum Gasteiger partial charge on any atom is 0.228 e. The molecule has 3 N–H and O–H groups in total. The average Bonchev–Trinajstić information content (AvgIpc) is 2.83. The summed E-state index contributed by atoms with van der Waals surface area (Å²) in [5.74, 6) is 0.549. The Labute approximate surface area is 188 Å². The fraction of sp³-hybridized carbons (Fsp3) is 0.250. The van der Waals surface area contributed by atoms with Gasteiger partial charge in [-0.3, -0.25) is 0 Å². The minimum Gasteiger partial charge on any atom is -0.399 e. The number of benzene rings is 2. The van der Waals surface area contributed by atoms with Crippen LogP contribution in [0.25, 0.3) is 6.08 Å². The fourth-order valence-corrected chi connectivity index (χ4v) is 3.89. The van der Waals surface area contributed by atoms with Gasteiger partial charge in [0, 0.05) is 46.8 Å². The molecular weight excluding hydrogens is 406 g/mol. The minimum absolute atomic E-state index is 0.549. The lowest BCUT2D eigenvalue weighted by atomic mass is 10.2. The van der Waals surface area contributed by atoms with Gasteiger partial charge in [-0.2, -0.15) is 0 Å². The molecule has 0 bridgehead atoms. The first-order valence-corrected chi connectivity index (χ1v) is 11.3. The molecule has 0 radical (unpaired) electrons. The van der Waals surface area contributed by atoms with E-state index in [4.69, 9.17) is 10.5 Å². The topological polar surface area (TPSA) is 76.3 Å². The van der Waals surface area contributed by atoms with E-state index in [0.717, 1.165) is 53.2 Å². The summed E-state index contributed by atoms with van der Waals surface area (Å²) >= 11 is 1.56. The Hall–Kier alpha value is -3.03. The van der Waals surface area contributed by atoms with Crippen molar-refractivity contribution in [2.45, 2.75) is 23.8 Å². The van der Waals surface area contributed by atoms with Gasteiger partial charge in [-0.1, -0.05) is 38.3 Å². The van der Waals surface area contributed by atoms with Crippen molar-refractivity contribution in [2.75, 3.05) is 42.3 Å². The molecule has 1 fully saturated rings. The van der Waals surface area contributed by atoms with Gasteiger partial charge in [-0.15, -0.1) is 0 Å². The number of aromatic nitrogens is 2. The number of anilines is 4. The quantitative estimate of drug-likeness (QED) is 0.393. The average molecular weight is 436 g/mol. The molecule has 6 nitrogen and oxygen atoms in total. The van der Waals surface area contributed by atoms with Crippen LogP contribution in [0.2, 0.25) is 0 Å². The first kappa shape index (κ1) is 22.7. The molecule has 2 aromatic carbocycles. The zero-order valence-electron chi connectivity index (χ0n) is 18.0. The second kappa shape index (κ2) is 11.4. The Kier molecular flexibility index (Phi) is 8.32. The molecule has 0 aliphatic carbocycles. The number of ether oxygens (including phenoxy) is 1. The van der Waals surface area contributed by atoms with Crippen molar-refractivity contribution < 1.29 is 4.74 Å². The summed E-state index contributed by atoms with van der Waals surface area (Å²) in [6.07, 6.45) is 3.55. The number of hydrogen-bond acceptors (Lipinski definition) is 7. The summed E-state index contributed by atoms with van der Waals surface area (Å²) < 4.78 is 5.42. The second-order valence-corrected chi connectivity index (χ2v) is 7.66. The predicted octanol–water partition coefficient (Wildman–Crippen LogP) is 5.46. The first-order chi connectivity index (χ1) is 15.2. The van der Waals surface area contributed by atoms with Crippen molar-refractivity contribution in [1.82, 2.24) is 9.97 Å². The zero-order chi connectivity index (χ0) is 22.1. The highest BCUT2D eigenvalue weighted by Crippen LogP contribution is 2.31. The third-order valence-corrected chi connectivity index (χ3v) is 5.62. The maximum absolute atomic E-state index is 5.77. The van der Waals surface area contributed by atoms with Crippen LogP contribution in [-0.4, -0.2) is 36.3 Å². The van der Waals surface area contributed by atoms with Crippen molar-refractivity contribution in [2.24, 2.45) is 0 Å². The summed E-state index contributed by atoms with van der Waals surface area (Å²) in [5.41, 5.74) is 9.54. The minimum atomic E-state index is 0.549. The highest BCUT2D eigenvalue weighted by Gasteiger charge is 2.11. The van der Waals surface area contributed by atoms with Gasteiger partial charge >= 0.3 is 0 Å². The molecule has 0 atom stereocenters. The molecule has 1 aliphatic heterocycles. The van der Waals surface area contributed by atoms with Crippen LogP contribution in [-0.2, 0) is 4.74 Å². The van der Waals surface area contributed by atoms with Gasteiger partial charge in [-0.05, 0) is 48.5 Å². The Bertz CT molecular complexity index is 970. The molecule has 2 heterocycles. The highest BCUT2D eigenvalue weighted by atomic mass is 32.2. The van der Waals surface area contributed by atoms with E-state index >= 15 is 0 Å². The maximum atomic E-state index is 5.77. The van der Waals surface area contributed by atoms with Crippen molar-refractivity contribution in [3.63, 3.8) is 0 Å². The number of morpholine rings is 1. The van der Waals surface area contributed by atoms with E-state index in [0.29, 0.717) is 5.95 Å². The lowest BCUT2D eigenvalue weighted by molar-refractivity contribution is 0.122. The molecule has 1 aliphatic rings. The SMILES string of the molecule is C=Cc1cnc(Nc2ccc(N3CCOCC3)cc2)nc1Sc1ccc(N)cc1.CC. The lowest BCUT2D eigenvalue weighted by Crippen LogP contribution is -2.36. The number of nitrogens with zero attached hydrogens (tertiary/aromatic N) is 3. The van der Waals surface area contributed by atoms with Gasteiger partial charge in [0.1, 0.15) is 5.03 Å². The molecule has 1 aromatic heterocycles. The summed E-state index contributed by atoms with van der Waals surface area (Å²) in [6, 6.07) is 16.0. The Morgan fingerprint density at radius 3 is 2.39 bits per heavy atom. The van der Waals surface area contributed by atoms with Crippen LogP contribution in [0.1, 0.15) is 19.4 Å². The van der Waals surface area contributed by atoms with Crippen LogP contribution in [0.3, 0.4) is 0 Å². The molecule has 3 aromatic rings. The van der Waals surface area contributed by atoms with E-state index in [1.54, 1.807) is 24.0 Å². The molecular formula is C24H29N5OS. The van der Waals surface area contributed by atoms with Crippen LogP contribution < -0.4 is 16.0 Å². The molecule has 0 unspecified atom stereocenters. The third kappa shape index (κ3) is 6.23. The Morgan fingerprint density at radius 1 is 1.06 bits per heavy atom. The number of nitrogen functional groups attached to an aromatic ring is 1. The molecule has 0 amide bonds. The Balaban J connectivity index is 0.00000132. The van der Waals surface area contributed by atoms with Crippen molar-refractivity contribution in [1.29, 1.82) is 0 Å². The van der Waals surface area contributed by atoms with Crippen LogP contribution >= 0.6 is 11.8 Å². The molecule has 0 saturated carbocycles. The van der Waals surface area contributed by atoms with E-state index in [9.17, 15) is 0 Å². The summed E-state index contributed by atoms with van der Waals surface area (Å²) in [7, 11) is 0. The second-order valence-electron chi connectivity index (χ2n) is 6.60. The molecule has 4 rings (SSSR count). The Morgan fingerprint density at radius 2 is 1.74 bits per heavy atom. The normalized spacial score (nSPS) is 13.2. The van der Waals surface area contributed by atoms with Gasteiger partial charge in [0.25, 0.3) is 0 Å². The third-order valence-electron chi connectivity index (χ3n) is 4.59. The smallest absolute Gasteiger partial charge is 0.228 e. The van der Waals surface area contributed by atoms with Gasteiger partial charge < -0.3 is 20.7 Å². The molecule has 31 heavy (non-hydrogen) atoms. The van der Waals surface area contributed by atoms with Gasteiger partial charge in [0.15, 0.2) is 0 Å². The van der Waals surface area contributed by atoms with Crippen molar-refractivity contribution >= 4 is 40.8 Å². The zero-order valence-corrected chi connectivity index (χ0v) is 18.9. The summed E-state index contributed by atoms with van der Waals surface area (Å²) in [4.78, 5) is 12.5. The van der Waals surface area contributed by atoms with Crippen LogP contribution in [0.4, 0.5) is 23.0 Å². The first-order valence-electron chi connectivity index (χ1n) is 10.4. The van der Waals surface area contributed by atoms with E-state index < -0.39 is 0 Å². The van der Waals surface area contributed by atoms with E-state index in [2.05, 4.69) is 38.9 Å². The van der Waals surface area contributed by atoms with E-state index in [1.165, 1.54) is 5.69 Å². The van der Waals surface area contributed by atoms with Gasteiger partial charge in [-0.25, -0.2) is 9.97 Å². The monoisotopic (exact) mass is 435 g/mol. The number of rotatable bonds is 6. The van der Waals surface area contributed by atoms with Crippen LogP contribution in [0.15, 0.2) is 71.2 Å². The predicted molar refractivity (Wildman–Crippen MR) is 131 cm³/mol. The van der Waals surface area contributed by atoms with Crippen molar-refractivity contribution in [3.05, 3.63) is 66.9 Å². The van der Waals surface area contributed by atoms with E-state index in [1.807, 2.05) is 50.2 Å². The highest BCUT2D eigenvalue weighted by molar-refractivity contribution is 7.99. The van der Waals surface area contributed by atoms with E-state index in [-0.39, 0.29) is 0 Å². The number of nitrogens with one attached hydrogen (secondary N) is 1. The van der Waals surface area contributed by atoms with Crippen LogP contribution in [0, 0.1) is 0 Å². The molecule has 0 spiro atoms. The van der Waals surface area contributed by atoms with Gasteiger partial charge in [0.2, 0.25) is 5.95 Å². The lowest BCUT2D eigenvalue weighted by Gasteiger charge is -2.28. The summed E-state index contributed by atoms with van der Waals surface area (Å²) in [6.45, 7) is 11.3.